The molecular weight excluding hydrogens is 262 g/mol. The SMILES string of the molecule is CCNc1nc(OCC)nc(N2CCSCC2C)n1. The first-order valence-corrected chi connectivity index (χ1v) is 7.87. The number of anilines is 2. The Hall–Kier alpha value is -1.24. The minimum Gasteiger partial charge on any atom is -0.464 e. The molecule has 0 aromatic carbocycles. The smallest absolute Gasteiger partial charge is 0.323 e. The van der Waals surface area contributed by atoms with Crippen LogP contribution in [0.1, 0.15) is 20.8 Å². The minimum absolute atomic E-state index is 0.397. The lowest BCUT2D eigenvalue weighted by Crippen LogP contribution is -2.41. The standard InChI is InChI=1S/C12H21N5OS/c1-4-13-10-14-11(16-12(15-10)18-5-2)17-6-7-19-8-9(17)3/h9H,4-8H2,1-3H3,(H,13,14,15,16). The highest BCUT2D eigenvalue weighted by Gasteiger charge is 2.22. The van der Waals surface area contributed by atoms with Crippen molar-refractivity contribution in [2.45, 2.75) is 26.8 Å². The van der Waals surface area contributed by atoms with Crippen LogP contribution in [0.2, 0.25) is 0 Å². The van der Waals surface area contributed by atoms with Crippen LogP contribution in [0.4, 0.5) is 11.9 Å². The summed E-state index contributed by atoms with van der Waals surface area (Å²) in [4.78, 5) is 15.4. The average Bonchev–Trinajstić information content (AvgIpc) is 2.40. The molecule has 1 N–H and O–H groups in total. The third kappa shape index (κ3) is 3.62. The number of aromatic nitrogens is 3. The number of hydrogen-bond acceptors (Lipinski definition) is 7. The molecule has 2 rings (SSSR count). The molecule has 0 aliphatic carbocycles. The largest absolute Gasteiger partial charge is 0.464 e. The van der Waals surface area contributed by atoms with E-state index in [4.69, 9.17) is 4.74 Å². The van der Waals surface area contributed by atoms with Gasteiger partial charge in [0.25, 0.3) is 0 Å². The van der Waals surface area contributed by atoms with E-state index >= 15 is 0 Å². The van der Waals surface area contributed by atoms with Crippen molar-refractivity contribution in [2.24, 2.45) is 0 Å². The fraction of sp³-hybridized carbons (Fsp3) is 0.750. The highest BCUT2D eigenvalue weighted by atomic mass is 32.2. The van der Waals surface area contributed by atoms with Gasteiger partial charge >= 0.3 is 6.01 Å². The number of nitrogens with one attached hydrogen (secondary N) is 1. The summed E-state index contributed by atoms with van der Waals surface area (Å²) in [5.74, 6) is 3.51. The van der Waals surface area contributed by atoms with Crippen molar-refractivity contribution in [3.05, 3.63) is 0 Å². The molecule has 1 aromatic rings. The van der Waals surface area contributed by atoms with E-state index in [1.807, 2.05) is 25.6 Å². The first-order chi connectivity index (χ1) is 9.24. The van der Waals surface area contributed by atoms with Gasteiger partial charge in [-0.15, -0.1) is 0 Å². The Morgan fingerprint density at radius 2 is 2.21 bits per heavy atom. The van der Waals surface area contributed by atoms with Crippen molar-refractivity contribution >= 4 is 23.7 Å². The van der Waals surface area contributed by atoms with E-state index in [2.05, 4.69) is 32.1 Å². The molecule has 1 fully saturated rings. The molecule has 0 bridgehead atoms. The van der Waals surface area contributed by atoms with Gasteiger partial charge in [0.2, 0.25) is 11.9 Å². The van der Waals surface area contributed by atoms with E-state index in [1.54, 1.807) is 0 Å². The van der Waals surface area contributed by atoms with E-state index in [1.165, 1.54) is 0 Å². The Kier molecular flexibility index (Phi) is 5.07. The predicted molar refractivity (Wildman–Crippen MR) is 79.3 cm³/mol. The van der Waals surface area contributed by atoms with Gasteiger partial charge in [-0.2, -0.15) is 26.7 Å². The van der Waals surface area contributed by atoms with E-state index in [9.17, 15) is 0 Å². The number of nitrogens with zero attached hydrogens (tertiary/aromatic N) is 4. The Bertz CT molecular complexity index is 393. The average molecular weight is 283 g/mol. The maximum atomic E-state index is 5.43. The zero-order valence-electron chi connectivity index (χ0n) is 11.7. The van der Waals surface area contributed by atoms with Crippen LogP contribution >= 0.6 is 11.8 Å². The lowest BCUT2D eigenvalue weighted by Gasteiger charge is -2.33. The maximum Gasteiger partial charge on any atom is 0.323 e. The third-order valence-corrected chi connectivity index (χ3v) is 4.03. The zero-order valence-corrected chi connectivity index (χ0v) is 12.5. The number of rotatable bonds is 5. The lowest BCUT2D eigenvalue weighted by molar-refractivity contribution is 0.312. The topological polar surface area (TPSA) is 63.2 Å². The van der Waals surface area contributed by atoms with Gasteiger partial charge in [0.1, 0.15) is 0 Å². The van der Waals surface area contributed by atoms with Gasteiger partial charge in [-0.05, 0) is 20.8 Å². The van der Waals surface area contributed by atoms with Crippen molar-refractivity contribution in [1.82, 2.24) is 15.0 Å². The molecular formula is C12H21N5OS. The molecule has 6 nitrogen and oxygen atoms in total. The highest BCUT2D eigenvalue weighted by Crippen LogP contribution is 2.23. The van der Waals surface area contributed by atoms with Crippen LogP contribution in [0.25, 0.3) is 0 Å². The van der Waals surface area contributed by atoms with Gasteiger partial charge in [0.05, 0.1) is 6.61 Å². The van der Waals surface area contributed by atoms with Crippen molar-refractivity contribution < 1.29 is 4.74 Å². The first kappa shape index (κ1) is 14.2. The number of thioether (sulfide) groups is 1. The Labute approximate surface area is 118 Å². The Balaban J connectivity index is 2.26. The lowest BCUT2D eigenvalue weighted by atomic mass is 10.3. The molecule has 2 heterocycles. The normalized spacial score (nSPS) is 19.3. The minimum atomic E-state index is 0.397. The van der Waals surface area contributed by atoms with Gasteiger partial charge in [-0.3, -0.25) is 0 Å². The zero-order chi connectivity index (χ0) is 13.7. The van der Waals surface area contributed by atoms with Crippen LogP contribution in [0.3, 0.4) is 0 Å². The summed E-state index contributed by atoms with van der Waals surface area (Å²) in [6.45, 7) is 8.44. The van der Waals surface area contributed by atoms with Gasteiger partial charge in [-0.1, -0.05) is 0 Å². The molecule has 7 heteroatoms. The van der Waals surface area contributed by atoms with Crippen molar-refractivity contribution in [2.75, 3.05) is 41.4 Å². The Morgan fingerprint density at radius 1 is 1.37 bits per heavy atom. The van der Waals surface area contributed by atoms with E-state index in [-0.39, 0.29) is 0 Å². The Morgan fingerprint density at radius 3 is 2.89 bits per heavy atom. The molecule has 0 spiro atoms. The molecule has 1 unspecified atom stereocenters. The molecule has 1 aliphatic rings. The fourth-order valence-corrected chi connectivity index (χ4v) is 2.94. The fourth-order valence-electron chi connectivity index (χ4n) is 1.93. The molecule has 0 radical (unpaired) electrons. The van der Waals surface area contributed by atoms with Crippen LogP contribution in [0.15, 0.2) is 0 Å². The van der Waals surface area contributed by atoms with Crippen LogP contribution in [-0.2, 0) is 0 Å². The molecule has 0 saturated carbocycles. The predicted octanol–water partition coefficient (Wildman–Crippen LogP) is 1.64. The van der Waals surface area contributed by atoms with Gasteiger partial charge in [-0.25, -0.2) is 0 Å². The summed E-state index contributed by atoms with van der Waals surface area (Å²) in [6, 6.07) is 0.832. The van der Waals surface area contributed by atoms with Gasteiger partial charge in [0, 0.05) is 30.6 Å². The second-order valence-corrected chi connectivity index (χ2v) is 5.47. The summed E-state index contributed by atoms with van der Waals surface area (Å²) in [6.07, 6.45) is 0. The van der Waals surface area contributed by atoms with Crippen molar-refractivity contribution in [3.8, 4) is 6.01 Å². The van der Waals surface area contributed by atoms with Crippen molar-refractivity contribution in [1.29, 1.82) is 0 Å². The highest BCUT2D eigenvalue weighted by molar-refractivity contribution is 7.99. The molecule has 19 heavy (non-hydrogen) atoms. The first-order valence-electron chi connectivity index (χ1n) is 6.71. The second kappa shape index (κ2) is 6.79. The van der Waals surface area contributed by atoms with E-state index in [0.29, 0.717) is 30.6 Å². The summed E-state index contributed by atoms with van der Waals surface area (Å²) < 4.78 is 5.43. The molecule has 1 saturated heterocycles. The van der Waals surface area contributed by atoms with Crippen LogP contribution in [0, 0.1) is 0 Å². The molecule has 1 atom stereocenters. The molecule has 106 valence electrons. The molecule has 1 aliphatic heterocycles. The van der Waals surface area contributed by atoms with Crippen LogP contribution < -0.4 is 15.0 Å². The quantitative estimate of drug-likeness (QED) is 0.881. The second-order valence-electron chi connectivity index (χ2n) is 4.32. The summed E-state index contributed by atoms with van der Waals surface area (Å²) in [7, 11) is 0. The summed E-state index contributed by atoms with van der Waals surface area (Å²) in [5, 5.41) is 3.13. The van der Waals surface area contributed by atoms with E-state index < -0.39 is 0 Å². The van der Waals surface area contributed by atoms with Gasteiger partial charge in [0.15, 0.2) is 0 Å². The summed E-state index contributed by atoms with van der Waals surface area (Å²) in [5.41, 5.74) is 0. The molecule has 1 aromatic heterocycles. The number of hydrogen-bond donors (Lipinski definition) is 1. The molecule has 0 amide bonds. The summed E-state index contributed by atoms with van der Waals surface area (Å²) >= 11 is 1.97. The van der Waals surface area contributed by atoms with E-state index in [0.717, 1.165) is 24.6 Å². The van der Waals surface area contributed by atoms with Crippen molar-refractivity contribution in [3.63, 3.8) is 0 Å². The van der Waals surface area contributed by atoms with Crippen LogP contribution in [-0.4, -0.2) is 52.2 Å². The third-order valence-electron chi connectivity index (χ3n) is 2.84. The van der Waals surface area contributed by atoms with Gasteiger partial charge < -0.3 is 15.0 Å². The maximum absolute atomic E-state index is 5.43. The van der Waals surface area contributed by atoms with Crippen LogP contribution in [0.5, 0.6) is 6.01 Å². The number of ether oxygens (including phenoxy) is 1. The monoisotopic (exact) mass is 283 g/mol.